The summed E-state index contributed by atoms with van der Waals surface area (Å²) in [5, 5.41) is 14.3. The minimum Gasteiger partial charge on any atom is -0.497 e. The van der Waals surface area contributed by atoms with Crippen LogP contribution < -0.4 is 10.1 Å². The number of esters is 1. The average Bonchev–Trinajstić information content (AvgIpc) is 3.41. The second-order valence-corrected chi connectivity index (χ2v) is 8.97. The first-order chi connectivity index (χ1) is 15.4. The molecule has 0 atom stereocenters. The summed E-state index contributed by atoms with van der Waals surface area (Å²) in [5.41, 5.74) is 1.86. The molecule has 2 aromatic heterocycles. The normalized spacial score (nSPS) is 10.9. The number of aromatic nitrogens is 3. The van der Waals surface area contributed by atoms with E-state index >= 15 is 0 Å². The molecule has 0 spiro atoms. The lowest BCUT2D eigenvalue weighted by Crippen LogP contribution is -2.16. The van der Waals surface area contributed by atoms with Gasteiger partial charge in [0.2, 0.25) is 5.91 Å². The van der Waals surface area contributed by atoms with Crippen molar-refractivity contribution in [3.05, 3.63) is 41.0 Å². The fourth-order valence-corrected chi connectivity index (χ4v) is 4.94. The van der Waals surface area contributed by atoms with Gasteiger partial charge < -0.3 is 19.4 Å². The van der Waals surface area contributed by atoms with Crippen LogP contribution in [0.2, 0.25) is 0 Å². The quantitative estimate of drug-likeness (QED) is 0.355. The number of benzene rings is 1. The highest BCUT2D eigenvalue weighted by molar-refractivity contribution is 7.99. The Bertz CT molecular complexity index is 1090. The Morgan fingerprint density at radius 2 is 1.91 bits per heavy atom. The van der Waals surface area contributed by atoms with Gasteiger partial charge in [-0.2, -0.15) is 0 Å². The minimum atomic E-state index is -0.507. The molecule has 32 heavy (non-hydrogen) atoms. The van der Waals surface area contributed by atoms with E-state index in [0.717, 1.165) is 23.7 Å². The van der Waals surface area contributed by atoms with E-state index in [1.807, 2.05) is 41.1 Å². The topological polar surface area (TPSA) is 95.3 Å². The van der Waals surface area contributed by atoms with Crippen LogP contribution in [-0.2, 0) is 16.1 Å². The third-order valence-electron chi connectivity index (χ3n) is 4.74. The van der Waals surface area contributed by atoms with Crippen LogP contribution in [0.5, 0.6) is 5.75 Å². The number of hydrogen-bond donors (Lipinski definition) is 1. The first-order valence-electron chi connectivity index (χ1n) is 10.1. The molecule has 170 valence electrons. The molecule has 3 rings (SSSR count). The number of ether oxygens (including phenoxy) is 2. The van der Waals surface area contributed by atoms with Gasteiger partial charge >= 0.3 is 5.97 Å². The van der Waals surface area contributed by atoms with Crippen LogP contribution in [0.25, 0.3) is 11.1 Å². The standard InChI is InChI=1S/C22H26N4O4S2/c1-6-26-19(13(2)3)24-25-22(26)32-12-17(27)23-20-18(21(28)30-5)16(11-31-20)14-7-9-15(29-4)10-8-14/h7-11,13H,6,12H2,1-5H3,(H,23,27). The Morgan fingerprint density at radius 3 is 2.50 bits per heavy atom. The van der Waals surface area contributed by atoms with Crippen molar-refractivity contribution in [1.29, 1.82) is 0 Å². The first kappa shape index (κ1) is 23.8. The molecule has 0 bridgehead atoms. The summed E-state index contributed by atoms with van der Waals surface area (Å²) in [4.78, 5) is 25.2. The Hall–Kier alpha value is -2.85. The number of amides is 1. The number of carbonyl (C=O) groups excluding carboxylic acids is 2. The zero-order valence-corrected chi connectivity index (χ0v) is 20.3. The van der Waals surface area contributed by atoms with Crippen LogP contribution >= 0.6 is 23.1 Å². The van der Waals surface area contributed by atoms with Crippen molar-refractivity contribution in [2.45, 2.75) is 38.4 Å². The van der Waals surface area contributed by atoms with Gasteiger partial charge in [0.15, 0.2) is 5.16 Å². The number of thiophene rings is 1. The zero-order chi connectivity index (χ0) is 23.3. The maximum Gasteiger partial charge on any atom is 0.341 e. The molecule has 1 N–H and O–H groups in total. The molecule has 0 aliphatic heterocycles. The highest BCUT2D eigenvalue weighted by atomic mass is 32.2. The lowest BCUT2D eigenvalue weighted by atomic mass is 10.0. The number of thioether (sulfide) groups is 1. The summed E-state index contributed by atoms with van der Waals surface area (Å²) in [6.07, 6.45) is 0. The molecule has 0 aliphatic carbocycles. The van der Waals surface area contributed by atoms with Crippen molar-refractivity contribution < 1.29 is 19.1 Å². The second-order valence-electron chi connectivity index (χ2n) is 7.15. The van der Waals surface area contributed by atoms with Crippen LogP contribution in [-0.4, -0.2) is 46.6 Å². The van der Waals surface area contributed by atoms with Gasteiger partial charge in [0.05, 0.1) is 20.0 Å². The van der Waals surface area contributed by atoms with Crippen LogP contribution in [0.15, 0.2) is 34.8 Å². The number of hydrogen-bond acceptors (Lipinski definition) is 8. The Labute approximate surface area is 195 Å². The summed E-state index contributed by atoms with van der Waals surface area (Å²) in [6, 6.07) is 7.35. The Balaban J connectivity index is 1.77. The first-order valence-corrected chi connectivity index (χ1v) is 12.0. The molecule has 0 radical (unpaired) electrons. The van der Waals surface area contributed by atoms with Crippen molar-refractivity contribution >= 4 is 40.0 Å². The molecule has 0 saturated heterocycles. The lowest BCUT2D eigenvalue weighted by molar-refractivity contribution is -0.113. The fraction of sp³-hybridized carbons (Fsp3) is 0.364. The molecule has 10 heteroatoms. The van der Waals surface area contributed by atoms with E-state index in [-0.39, 0.29) is 17.6 Å². The maximum absolute atomic E-state index is 12.7. The van der Waals surface area contributed by atoms with Crippen molar-refractivity contribution in [3.8, 4) is 16.9 Å². The summed E-state index contributed by atoms with van der Waals surface area (Å²) >= 11 is 2.60. The van der Waals surface area contributed by atoms with Gasteiger partial charge in [0, 0.05) is 23.4 Å². The number of rotatable bonds is 9. The van der Waals surface area contributed by atoms with Crippen molar-refractivity contribution in [1.82, 2.24) is 14.8 Å². The van der Waals surface area contributed by atoms with E-state index in [9.17, 15) is 9.59 Å². The highest BCUT2D eigenvalue weighted by Crippen LogP contribution is 2.37. The van der Waals surface area contributed by atoms with E-state index in [1.54, 1.807) is 7.11 Å². The average molecular weight is 475 g/mol. The molecular weight excluding hydrogens is 448 g/mol. The van der Waals surface area contributed by atoms with E-state index in [1.165, 1.54) is 30.2 Å². The SMILES string of the molecule is CCn1c(SCC(=O)Nc2scc(-c3ccc(OC)cc3)c2C(=O)OC)nnc1C(C)C. The van der Waals surface area contributed by atoms with Crippen LogP contribution in [0, 0.1) is 0 Å². The van der Waals surface area contributed by atoms with Crippen molar-refractivity contribution in [3.63, 3.8) is 0 Å². The lowest BCUT2D eigenvalue weighted by Gasteiger charge is -2.10. The van der Waals surface area contributed by atoms with E-state index in [4.69, 9.17) is 9.47 Å². The predicted octanol–water partition coefficient (Wildman–Crippen LogP) is 4.68. The molecular formula is C22H26N4O4S2. The number of nitrogens with one attached hydrogen (secondary N) is 1. The number of methoxy groups -OCH3 is 2. The summed E-state index contributed by atoms with van der Waals surface area (Å²) in [5.74, 6) is 1.26. The monoisotopic (exact) mass is 474 g/mol. The molecule has 1 aromatic carbocycles. The summed E-state index contributed by atoms with van der Waals surface area (Å²) in [6.45, 7) is 6.87. The third kappa shape index (κ3) is 5.13. The van der Waals surface area contributed by atoms with E-state index in [0.29, 0.717) is 21.3 Å². The maximum atomic E-state index is 12.7. The van der Waals surface area contributed by atoms with E-state index < -0.39 is 5.97 Å². The summed E-state index contributed by atoms with van der Waals surface area (Å²) in [7, 11) is 2.92. The van der Waals surface area contributed by atoms with Crippen molar-refractivity contribution in [2.24, 2.45) is 0 Å². The van der Waals surface area contributed by atoms with E-state index in [2.05, 4.69) is 29.4 Å². The Morgan fingerprint density at radius 1 is 1.19 bits per heavy atom. The molecule has 3 aromatic rings. The fourth-order valence-electron chi connectivity index (χ4n) is 3.16. The number of carbonyl (C=O) groups is 2. The molecule has 8 nitrogen and oxygen atoms in total. The molecule has 2 heterocycles. The molecule has 0 unspecified atom stereocenters. The van der Waals surface area contributed by atoms with Gasteiger partial charge in [0.25, 0.3) is 0 Å². The Kier molecular flexibility index (Phi) is 7.92. The van der Waals surface area contributed by atoms with Crippen LogP contribution in [0.1, 0.15) is 42.9 Å². The molecule has 0 saturated carbocycles. The zero-order valence-electron chi connectivity index (χ0n) is 18.7. The third-order valence-corrected chi connectivity index (χ3v) is 6.61. The second kappa shape index (κ2) is 10.6. The van der Waals surface area contributed by atoms with Gasteiger partial charge in [-0.05, 0) is 24.6 Å². The van der Waals surface area contributed by atoms with Gasteiger partial charge in [-0.1, -0.05) is 37.7 Å². The summed E-state index contributed by atoms with van der Waals surface area (Å²) < 4.78 is 12.2. The van der Waals surface area contributed by atoms with Gasteiger partial charge in [-0.25, -0.2) is 4.79 Å². The molecule has 0 fully saturated rings. The smallest absolute Gasteiger partial charge is 0.341 e. The largest absolute Gasteiger partial charge is 0.497 e. The van der Waals surface area contributed by atoms with Gasteiger partial charge in [0.1, 0.15) is 22.1 Å². The minimum absolute atomic E-state index is 0.145. The van der Waals surface area contributed by atoms with Crippen molar-refractivity contribution in [2.75, 3.05) is 25.3 Å². The van der Waals surface area contributed by atoms with Gasteiger partial charge in [-0.15, -0.1) is 21.5 Å². The highest BCUT2D eigenvalue weighted by Gasteiger charge is 2.23. The number of nitrogens with zero attached hydrogens (tertiary/aromatic N) is 3. The predicted molar refractivity (Wildman–Crippen MR) is 127 cm³/mol. The van der Waals surface area contributed by atoms with Gasteiger partial charge in [-0.3, -0.25) is 4.79 Å². The molecule has 1 amide bonds. The van der Waals surface area contributed by atoms with Crippen LogP contribution in [0.3, 0.4) is 0 Å². The van der Waals surface area contributed by atoms with Crippen LogP contribution in [0.4, 0.5) is 5.00 Å². The molecule has 0 aliphatic rings. The number of anilines is 1.